The molecule has 0 aromatic carbocycles. The Balaban J connectivity index is 2.41. The summed E-state index contributed by atoms with van der Waals surface area (Å²) in [6.07, 6.45) is 0.465. The molecular weight excluding hydrogens is 180 g/mol. The first-order valence-corrected chi connectivity index (χ1v) is 5.15. The summed E-state index contributed by atoms with van der Waals surface area (Å²) in [4.78, 5) is 13.4. The van der Waals surface area contributed by atoms with E-state index >= 15 is 0 Å². The molecule has 1 saturated heterocycles. The molecule has 0 bridgehead atoms. The molecule has 1 rings (SSSR count). The van der Waals surface area contributed by atoms with Gasteiger partial charge in [-0.05, 0) is 5.92 Å². The molecule has 2 atom stereocenters. The first-order chi connectivity index (χ1) is 6.69. The summed E-state index contributed by atoms with van der Waals surface area (Å²) in [5, 5.41) is 0. The molecule has 1 amide bonds. The molecule has 0 aliphatic carbocycles. The van der Waals surface area contributed by atoms with Crippen molar-refractivity contribution in [1.29, 1.82) is 0 Å². The van der Waals surface area contributed by atoms with Gasteiger partial charge in [0.15, 0.2) is 0 Å². The number of amides is 1. The van der Waals surface area contributed by atoms with Gasteiger partial charge in [-0.2, -0.15) is 0 Å². The molecule has 82 valence electrons. The highest BCUT2D eigenvalue weighted by Crippen LogP contribution is 2.23. The maximum Gasteiger partial charge on any atom is 0.223 e. The van der Waals surface area contributed by atoms with Gasteiger partial charge in [0.25, 0.3) is 0 Å². The number of methoxy groups -OCH3 is 1. The lowest BCUT2D eigenvalue weighted by molar-refractivity contribution is -0.130. The van der Waals surface area contributed by atoms with Gasteiger partial charge >= 0.3 is 0 Å². The summed E-state index contributed by atoms with van der Waals surface area (Å²) in [7, 11) is 1.71. The second kappa shape index (κ2) is 5.32. The van der Waals surface area contributed by atoms with E-state index in [4.69, 9.17) is 10.5 Å². The third kappa shape index (κ3) is 2.69. The van der Waals surface area contributed by atoms with E-state index in [0.29, 0.717) is 24.8 Å². The zero-order valence-electron chi connectivity index (χ0n) is 9.03. The fourth-order valence-corrected chi connectivity index (χ4v) is 1.95. The summed E-state index contributed by atoms with van der Waals surface area (Å²) in [5.41, 5.74) is 5.35. The number of hydrogen-bond acceptors (Lipinski definition) is 3. The number of rotatable bonds is 4. The van der Waals surface area contributed by atoms with E-state index in [9.17, 15) is 4.79 Å². The summed E-state index contributed by atoms with van der Waals surface area (Å²) >= 11 is 0. The van der Waals surface area contributed by atoms with Gasteiger partial charge in [-0.15, -0.1) is 0 Å². The Hall–Kier alpha value is -0.610. The van der Waals surface area contributed by atoms with Crippen LogP contribution >= 0.6 is 0 Å². The predicted molar refractivity (Wildman–Crippen MR) is 54.8 cm³/mol. The zero-order valence-corrected chi connectivity index (χ0v) is 9.03. The Morgan fingerprint density at radius 2 is 2.29 bits per heavy atom. The standard InChI is InChI=1S/C10H20N2O2/c1-8-5-12(10(13)3-4-11)6-9(8)7-14-2/h8-9H,3-7,11H2,1-2H3. The number of hydrogen-bond donors (Lipinski definition) is 1. The number of carbonyl (C=O) groups is 1. The van der Waals surface area contributed by atoms with Crippen molar-refractivity contribution in [3.8, 4) is 0 Å². The molecule has 0 aromatic heterocycles. The Morgan fingerprint density at radius 3 is 2.86 bits per heavy atom. The number of nitrogens with two attached hydrogens (primary N) is 1. The summed E-state index contributed by atoms with van der Waals surface area (Å²) in [5.74, 6) is 1.20. The Bertz CT molecular complexity index is 197. The van der Waals surface area contributed by atoms with Crippen molar-refractivity contribution < 1.29 is 9.53 Å². The third-order valence-electron chi connectivity index (χ3n) is 2.86. The van der Waals surface area contributed by atoms with Gasteiger partial charge in [0, 0.05) is 39.1 Å². The van der Waals surface area contributed by atoms with Crippen molar-refractivity contribution in [2.75, 3.05) is 33.4 Å². The molecule has 4 nitrogen and oxygen atoms in total. The van der Waals surface area contributed by atoms with Crippen molar-refractivity contribution in [1.82, 2.24) is 4.90 Å². The molecule has 14 heavy (non-hydrogen) atoms. The molecule has 1 heterocycles. The van der Waals surface area contributed by atoms with E-state index in [-0.39, 0.29) is 5.91 Å². The number of carbonyl (C=O) groups excluding carboxylic acids is 1. The zero-order chi connectivity index (χ0) is 10.6. The average Bonchev–Trinajstić information content (AvgIpc) is 2.49. The van der Waals surface area contributed by atoms with Crippen LogP contribution in [0.3, 0.4) is 0 Å². The van der Waals surface area contributed by atoms with Crippen molar-refractivity contribution in [3.05, 3.63) is 0 Å². The number of likely N-dealkylation sites (tertiary alicyclic amines) is 1. The van der Waals surface area contributed by atoms with E-state index in [1.807, 2.05) is 4.90 Å². The van der Waals surface area contributed by atoms with Crippen molar-refractivity contribution in [2.45, 2.75) is 13.3 Å². The predicted octanol–water partition coefficient (Wildman–Crippen LogP) is 0.0761. The van der Waals surface area contributed by atoms with Crippen LogP contribution in [0.15, 0.2) is 0 Å². The van der Waals surface area contributed by atoms with Crippen LogP contribution < -0.4 is 5.73 Å². The molecule has 0 spiro atoms. The van der Waals surface area contributed by atoms with Crippen molar-refractivity contribution >= 4 is 5.91 Å². The molecule has 0 saturated carbocycles. The fraction of sp³-hybridized carbons (Fsp3) is 0.900. The summed E-state index contributed by atoms with van der Waals surface area (Å²) in [6, 6.07) is 0. The molecule has 0 aromatic rings. The Morgan fingerprint density at radius 1 is 1.57 bits per heavy atom. The van der Waals surface area contributed by atoms with Crippen LogP contribution in [0.2, 0.25) is 0 Å². The van der Waals surface area contributed by atoms with Gasteiger partial charge in [-0.1, -0.05) is 6.92 Å². The van der Waals surface area contributed by atoms with E-state index in [0.717, 1.165) is 19.7 Å². The van der Waals surface area contributed by atoms with Crippen LogP contribution in [0.4, 0.5) is 0 Å². The van der Waals surface area contributed by atoms with Gasteiger partial charge in [0.1, 0.15) is 0 Å². The quantitative estimate of drug-likeness (QED) is 0.699. The van der Waals surface area contributed by atoms with Crippen LogP contribution in [-0.4, -0.2) is 44.2 Å². The van der Waals surface area contributed by atoms with Gasteiger partial charge in [-0.25, -0.2) is 0 Å². The van der Waals surface area contributed by atoms with Crippen LogP contribution in [0.25, 0.3) is 0 Å². The first-order valence-electron chi connectivity index (χ1n) is 5.15. The minimum Gasteiger partial charge on any atom is -0.384 e. The van der Waals surface area contributed by atoms with E-state index in [2.05, 4.69) is 6.92 Å². The third-order valence-corrected chi connectivity index (χ3v) is 2.86. The second-order valence-corrected chi connectivity index (χ2v) is 4.03. The minimum absolute atomic E-state index is 0.179. The lowest BCUT2D eigenvalue weighted by atomic mass is 10.00. The molecule has 1 aliphatic heterocycles. The van der Waals surface area contributed by atoms with Gasteiger partial charge < -0.3 is 15.4 Å². The van der Waals surface area contributed by atoms with Crippen LogP contribution in [0.1, 0.15) is 13.3 Å². The minimum atomic E-state index is 0.179. The number of nitrogens with zero attached hydrogens (tertiary/aromatic N) is 1. The summed E-state index contributed by atoms with van der Waals surface area (Å²) in [6.45, 7) is 5.03. The maximum atomic E-state index is 11.5. The molecule has 0 radical (unpaired) electrons. The maximum absolute atomic E-state index is 11.5. The number of ether oxygens (including phenoxy) is 1. The highest BCUT2D eigenvalue weighted by atomic mass is 16.5. The smallest absolute Gasteiger partial charge is 0.223 e. The van der Waals surface area contributed by atoms with Crippen molar-refractivity contribution in [2.24, 2.45) is 17.6 Å². The van der Waals surface area contributed by atoms with Crippen LogP contribution in [0.5, 0.6) is 0 Å². The lowest BCUT2D eigenvalue weighted by Crippen LogP contribution is -2.30. The Kier molecular flexibility index (Phi) is 4.35. The normalized spacial score (nSPS) is 26.9. The topological polar surface area (TPSA) is 55.6 Å². The molecular formula is C10H20N2O2. The SMILES string of the molecule is COCC1CN(C(=O)CCN)CC1C. The molecule has 2 N–H and O–H groups in total. The van der Waals surface area contributed by atoms with E-state index in [1.165, 1.54) is 0 Å². The molecule has 1 aliphatic rings. The highest BCUT2D eigenvalue weighted by molar-refractivity contribution is 5.76. The van der Waals surface area contributed by atoms with Gasteiger partial charge in [0.2, 0.25) is 5.91 Å². The average molecular weight is 200 g/mol. The lowest BCUT2D eigenvalue weighted by Gasteiger charge is -2.15. The molecule has 4 heteroatoms. The first kappa shape index (κ1) is 11.5. The van der Waals surface area contributed by atoms with E-state index in [1.54, 1.807) is 7.11 Å². The Labute approximate surface area is 85.4 Å². The molecule has 1 fully saturated rings. The largest absolute Gasteiger partial charge is 0.384 e. The monoisotopic (exact) mass is 200 g/mol. The van der Waals surface area contributed by atoms with Crippen LogP contribution in [-0.2, 0) is 9.53 Å². The van der Waals surface area contributed by atoms with Gasteiger partial charge in [0.05, 0.1) is 6.61 Å². The van der Waals surface area contributed by atoms with E-state index < -0.39 is 0 Å². The fourth-order valence-electron chi connectivity index (χ4n) is 1.95. The van der Waals surface area contributed by atoms with Gasteiger partial charge in [-0.3, -0.25) is 4.79 Å². The second-order valence-electron chi connectivity index (χ2n) is 4.03. The molecule has 2 unspecified atom stereocenters. The summed E-state index contributed by atoms with van der Waals surface area (Å²) < 4.78 is 5.12. The van der Waals surface area contributed by atoms with Crippen molar-refractivity contribution in [3.63, 3.8) is 0 Å². The highest BCUT2D eigenvalue weighted by Gasteiger charge is 2.31. The van der Waals surface area contributed by atoms with Crippen LogP contribution in [0, 0.1) is 11.8 Å².